The molecule has 1 aromatic heterocycles. The number of halogens is 3. The molecule has 106 valence electrons. The van der Waals surface area contributed by atoms with E-state index in [4.69, 9.17) is 0 Å². The van der Waals surface area contributed by atoms with Gasteiger partial charge in [0.25, 0.3) is 0 Å². The highest BCUT2D eigenvalue weighted by atomic mass is 19.4. The van der Waals surface area contributed by atoms with Gasteiger partial charge in [-0.05, 0) is 37.3 Å². The molecule has 2 N–H and O–H groups in total. The van der Waals surface area contributed by atoms with Crippen LogP contribution in [0.25, 0.3) is 0 Å². The number of anilines is 3. The second kappa shape index (κ2) is 5.81. The van der Waals surface area contributed by atoms with Crippen LogP contribution >= 0.6 is 0 Å². The summed E-state index contributed by atoms with van der Waals surface area (Å²) < 4.78 is 37.3. The first-order chi connectivity index (χ1) is 9.49. The van der Waals surface area contributed by atoms with Crippen LogP contribution in [-0.2, 0) is 6.18 Å². The van der Waals surface area contributed by atoms with Crippen molar-refractivity contribution in [2.24, 2.45) is 0 Å². The molecule has 0 spiro atoms. The summed E-state index contributed by atoms with van der Waals surface area (Å²) in [6, 6.07) is 6.72. The Morgan fingerprint density at radius 2 is 1.65 bits per heavy atom. The van der Waals surface area contributed by atoms with Crippen molar-refractivity contribution in [1.29, 1.82) is 0 Å². The van der Waals surface area contributed by atoms with Crippen LogP contribution in [0.5, 0.6) is 0 Å². The van der Waals surface area contributed by atoms with Gasteiger partial charge in [0.05, 0.1) is 29.3 Å². The predicted molar refractivity (Wildman–Crippen MR) is 73.1 cm³/mol. The molecule has 0 atom stereocenters. The molecule has 2 aromatic rings. The normalized spacial score (nSPS) is 11.2. The lowest BCUT2D eigenvalue weighted by molar-refractivity contribution is -0.137. The lowest BCUT2D eigenvalue weighted by Gasteiger charge is -2.10. The van der Waals surface area contributed by atoms with E-state index in [0.29, 0.717) is 11.4 Å². The SMILES string of the molecule is CCNc1cncc(Nc2ccc(C(F)(F)F)cc2)c1. The molecular formula is C14H14F3N3. The van der Waals surface area contributed by atoms with Gasteiger partial charge in [0.2, 0.25) is 0 Å². The van der Waals surface area contributed by atoms with Crippen LogP contribution in [0.4, 0.5) is 30.2 Å². The molecule has 0 bridgehead atoms. The highest BCUT2D eigenvalue weighted by molar-refractivity contribution is 5.63. The van der Waals surface area contributed by atoms with E-state index in [1.54, 1.807) is 12.4 Å². The van der Waals surface area contributed by atoms with Crippen molar-refractivity contribution in [1.82, 2.24) is 4.98 Å². The van der Waals surface area contributed by atoms with Crippen molar-refractivity contribution in [2.75, 3.05) is 17.2 Å². The summed E-state index contributed by atoms with van der Waals surface area (Å²) in [5, 5.41) is 6.12. The summed E-state index contributed by atoms with van der Waals surface area (Å²) in [5.74, 6) is 0. The highest BCUT2D eigenvalue weighted by Gasteiger charge is 2.29. The summed E-state index contributed by atoms with van der Waals surface area (Å²) in [5.41, 5.74) is 1.48. The summed E-state index contributed by atoms with van der Waals surface area (Å²) in [6.07, 6.45) is -1.02. The van der Waals surface area contributed by atoms with E-state index in [9.17, 15) is 13.2 Å². The smallest absolute Gasteiger partial charge is 0.384 e. The zero-order valence-corrected chi connectivity index (χ0v) is 10.8. The van der Waals surface area contributed by atoms with Gasteiger partial charge in [-0.2, -0.15) is 13.2 Å². The lowest BCUT2D eigenvalue weighted by Crippen LogP contribution is -2.04. The van der Waals surface area contributed by atoms with E-state index >= 15 is 0 Å². The fraction of sp³-hybridized carbons (Fsp3) is 0.214. The van der Waals surface area contributed by atoms with Gasteiger partial charge in [-0.3, -0.25) is 4.98 Å². The molecule has 1 aromatic carbocycles. The van der Waals surface area contributed by atoms with Crippen LogP contribution in [-0.4, -0.2) is 11.5 Å². The Bertz CT molecular complexity index is 565. The van der Waals surface area contributed by atoms with Gasteiger partial charge in [-0.1, -0.05) is 0 Å². The quantitative estimate of drug-likeness (QED) is 0.878. The fourth-order valence-electron chi connectivity index (χ4n) is 1.72. The van der Waals surface area contributed by atoms with Crippen molar-refractivity contribution in [2.45, 2.75) is 13.1 Å². The number of nitrogens with zero attached hydrogens (tertiary/aromatic N) is 1. The van der Waals surface area contributed by atoms with E-state index < -0.39 is 11.7 Å². The number of hydrogen-bond donors (Lipinski definition) is 2. The monoisotopic (exact) mass is 281 g/mol. The van der Waals surface area contributed by atoms with Gasteiger partial charge < -0.3 is 10.6 Å². The Morgan fingerprint density at radius 3 is 2.25 bits per heavy atom. The third-order valence-electron chi connectivity index (χ3n) is 2.62. The van der Waals surface area contributed by atoms with E-state index in [2.05, 4.69) is 15.6 Å². The average molecular weight is 281 g/mol. The number of benzene rings is 1. The minimum Gasteiger partial charge on any atom is -0.384 e. The lowest BCUT2D eigenvalue weighted by atomic mass is 10.2. The van der Waals surface area contributed by atoms with Crippen molar-refractivity contribution < 1.29 is 13.2 Å². The maximum Gasteiger partial charge on any atom is 0.416 e. The Kier molecular flexibility index (Phi) is 4.12. The summed E-state index contributed by atoms with van der Waals surface area (Å²) in [6.45, 7) is 2.74. The van der Waals surface area contributed by atoms with Crippen molar-refractivity contribution >= 4 is 17.1 Å². The first-order valence-corrected chi connectivity index (χ1v) is 6.12. The number of pyridine rings is 1. The topological polar surface area (TPSA) is 37.0 Å². The molecule has 0 saturated heterocycles. The molecule has 0 aliphatic heterocycles. The zero-order chi connectivity index (χ0) is 14.6. The molecule has 1 heterocycles. The van der Waals surface area contributed by atoms with Crippen LogP contribution in [0.1, 0.15) is 12.5 Å². The maximum absolute atomic E-state index is 12.4. The number of rotatable bonds is 4. The van der Waals surface area contributed by atoms with Gasteiger partial charge in [0.1, 0.15) is 0 Å². The Hall–Kier alpha value is -2.24. The molecule has 3 nitrogen and oxygen atoms in total. The second-order valence-corrected chi connectivity index (χ2v) is 4.19. The van der Waals surface area contributed by atoms with Crippen LogP contribution in [0.15, 0.2) is 42.7 Å². The van der Waals surface area contributed by atoms with E-state index in [-0.39, 0.29) is 0 Å². The molecule has 0 aliphatic carbocycles. The molecule has 0 unspecified atom stereocenters. The van der Waals surface area contributed by atoms with Crippen LogP contribution in [0.3, 0.4) is 0 Å². The predicted octanol–water partition coefficient (Wildman–Crippen LogP) is 4.28. The van der Waals surface area contributed by atoms with Crippen molar-refractivity contribution in [3.05, 3.63) is 48.3 Å². The maximum atomic E-state index is 12.4. The number of hydrogen-bond acceptors (Lipinski definition) is 3. The van der Waals surface area contributed by atoms with Gasteiger partial charge in [-0.25, -0.2) is 0 Å². The number of aromatic nitrogens is 1. The summed E-state index contributed by atoms with van der Waals surface area (Å²) >= 11 is 0. The minimum absolute atomic E-state index is 0.577. The minimum atomic E-state index is -4.31. The van der Waals surface area contributed by atoms with Gasteiger partial charge in [-0.15, -0.1) is 0 Å². The molecular weight excluding hydrogens is 267 g/mol. The summed E-state index contributed by atoms with van der Waals surface area (Å²) in [4.78, 5) is 4.05. The third-order valence-corrected chi connectivity index (χ3v) is 2.62. The van der Waals surface area contributed by atoms with Crippen molar-refractivity contribution in [3.8, 4) is 0 Å². The Morgan fingerprint density at radius 1 is 1.00 bits per heavy atom. The largest absolute Gasteiger partial charge is 0.416 e. The Balaban J connectivity index is 2.12. The van der Waals surface area contributed by atoms with Crippen LogP contribution in [0.2, 0.25) is 0 Å². The molecule has 0 saturated carbocycles. The van der Waals surface area contributed by atoms with E-state index in [1.807, 2.05) is 13.0 Å². The molecule has 0 radical (unpaired) electrons. The van der Waals surface area contributed by atoms with E-state index in [1.165, 1.54) is 12.1 Å². The Labute approximate surface area is 114 Å². The standard InChI is InChI=1S/C14H14F3N3/c1-2-19-12-7-13(9-18-8-12)20-11-5-3-10(4-6-11)14(15,16)17/h3-9,19-20H,2H2,1H3. The van der Waals surface area contributed by atoms with Crippen molar-refractivity contribution in [3.63, 3.8) is 0 Å². The molecule has 2 rings (SSSR count). The molecule has 0 aliphatic rings. The van der Waals surface area contributed by atoms with E-state index in [0.717, 1.165) is 24.4 Å². The molecule has 0 amide bonds. The molecule has 0 fully saturated rings. The fourth-order valence-corrected chi connectivity index (χ4v) is 1.72. The zero-order valence-electron chi connectivity index (χ0n) is 10.8. The van der Waals surface area contributed by atoms with Gasteiger partial charge >= 0.3 is 6.18 Å². The van der Waals surface area contributed by atoms with Gasteiger partial charge in [0.15, 0.2) is 0 Å². The second-order valence-electron chi connectivity index (χ2n) is 4.19. The average Bonchev–Trinajstić information content (AvgIpc) is 2.39. The molecule has 20 heavy (non-hydrogen) atoms. The highest BCUT2D eigenvalue weighted by Crippen LogP contribution is 2.30. The van der Waals surface area contributed by atoms with Crippen LogP contribution < -0.4 is 10.6 Å². The van der Waals surface area contributed by atoms with Gasteiger partial charge in [0, 0.05) is 12.2 Å². The summed E-state index contributed by atoms with van der Waals surface area (Å²) in [7, 11) is 0. The number of nitrogens with one attached hydrogen (secondary N) is 2. The first kappa shape index (κ1) is 14.2. The molecule has 6 heteroatoms. The first-order valence-electron chi connectivity index (χ1n) is 6.12. The number of alkyl halides is 3. The third kappa shape index (κ3) is 3.63. The van der Waals surface area contributed by atoms with Crippen LogP contribution in [0, 0.1) is 0 Å².